The number of esters is 1. The Balaban J connectivity index is 2.05. The first-order valence-corrected chi connectivity index (χ1v) is 10.9. The lowest BCUT2D eigenvalue weighted by Gasteiger charge is -2.27. The quantitative estimate of drug-likeness (QED) is 0.459. The largest absolute Gasteiger partial charge is 0.465 e. The number of ether oxygens (including phenoxy) is 3. The second-order valence-corrected chi connectivity index (χ2v) is 9.19. The maximum Gasteiger partial charge on any atom is 0.309 e. The predicted octanol–water partition coefficient (Wildman–Crippen LogP) is 4.49. The molecule has 1 aliphatic heterocycles. The number of hydrogen-bond donors (Lipinski definition) is 1. The Bertz CT molecular complexity index is 673. The van der Waals surface area contributed by atoms with E-state index in [1.54, 1.807) is 7.11 Å². The number of methoxy groups -OCH3 is 1. The van der Waals surface area contributed by atoms with Crippen LogP contribution in [-0.2, 0) is 20.7 Å². The van der Waals surface area contributed by atoms with Gasteiger partial charge in [0.15, 0.2) is 6.29 Å². The van der Waals surface area contributed by atoms with Crippen LogP contribution in [0.5, 0.6) is 5.75 Å². The zero-order valence-electron chi connectivity index (χ0n) is 19.1. The lowest BCUT2D eigenvalue weighted by atomic mass is 9.82. The summed E-state index contributed by atoms with van der Waals surface area (Å²) in [5.74, 6) is 1.91. The van der Waals surface area contributed by atoms with Gasteiger partial charge in [0.25, 0.3) is 0 Å². The highest BCUT2D eigenvalue weighted by Crippen LogP contribution is 2.32. The third-order valence-electron chi connectivity index (χ3n) is 6.23. The average Bonchev–Trinajstić information content (AvgIpc) is 3.05. The monoisotopic (exact) mass is 405 g/mol. The summed E-state index contributed by atoms with van der Waals surface area (Å²) in [5.41, 5.74) is 8.83. The number of carbonyl (C=O) groups excluding carboxylic acids is 1. The van der Waals surface area contributed by atoms with Crippen LogP contribution in [0, 0.1) is 30.6 Å². The van der Waals surface area contributed by atoms with Gasteiger partial charge in [-0.05, 0) is 68.1 Å². The first-order valence-electron chi connectivity index (χ1n) is 10.9. The van der Waals surface area contributed by atoms with Crippen LogP contribution in [0.3, 0.4) is 0 Å². The lowest BCUT2D eigenvalue weighted by molar-refractivity contribution is -0.146. The molecule has 0 amide bonds. The summed E-state index contributed by atoms with van der Waals surface area (Å²) in [6.45, 7) is 12.5. The smallest absolute Gasteiger partial charge is 0.309 e. The first-order chi connectivity index (χ1) is 13.6. The Morgan fingerprint density at radius 2 is 1.90 bits per heavy atom. The molecule has 29 heavy (non-hydrogen) atoms. The van der Waals surface area contributed by atoms with Crippen LogP contribution in [0.2, 0.25) is 0 Å². The molecule has 1 fully saturated rings. The molecule has 164 valence electrons. The van der Waals surface area contributed by atoms with Crippen molar-refractivity contribution in [3.63, 3.8) is 0 Å². The summed E-state index contributed by atoms with van der Waals surface area (Å²) in [7, 11) is 1.64. The van der Waals surface area contributed by atoms with E-state index in [0.29, 0.717) is 17.8 Å². The molecule has 0 radical (unpaired) electrons. The predicted molar refractivity (Wildman–Crippen MR) is 116 cm³/mol. The van der Waals surface area contributed by atoms with E-state index in [0.717, 1.165) is 30.6 Å². The fourth-order valence-electron chi connectivity index (χ4n) is 3.96. The Morgan fingerprint density at radius 3 is 2.45 bits per heavy atom. The maximum absolute atomic E-state index is 12.1. The molecule has 0 spiro atoms. The molecule has 1 heterocycles. The minimum atomic E-state index is -0.288. The fraction of sp³-hybridized carbons (Fsp3) is 0.708. The van der Waals surface area contributed by atoms with E-state index in [4.69, 9.17) is 19.9 Å². The molecule has 1 aliphatic rings. The van der Waals surface area contributed by atoms with E-state index in [-0.39, 0.29) is 30.3 Å². The van der Waals surface area contributed by atoms with Crippen LogP contribution in [0.15, 0.2) is 18.2 Å². The van der Waals surface area contributed by atoms with E-state index in [2.05, 4.69) is 45.9 Å². The van der Waals surface area contributed by atoms with E-state index in [9.17, 15) is 4.79 Å². The number of benzene rings is 1. The van der Waals surface area contributed by atoms with Crippen molar-refractivity contribution < 1.29 is 19.0 Å². The molecule has 5 nitrogen and oxygen atoms in total. The average molecular weight is 406 g/mol. The lowest BCUT2D eigenvalue weighted by Crippen LogP contribution is -2.37. The fourth-order valence-corrected chi connectivity index (χ4v) is 3.96. The van der Waals surface area contributed by atoms with Gasteiger partial charge in [0, 0.05) is 13.2 Å². The summed E-state index contributed by atoms with van der Waals surface area (Å²) < 4.78 is 16.7. The van der Waals surface area contributed by atoms with Crippen molar-refractivity contribution in [2.24, 2.45) is 29.4 Å². The van der Waals surface area contributed by atoms with Gasteiger partial charge in [0.05, 0.1) is 5.92 Å². The summed E-state index contributed by atoms with van der Waals surface area (Å²) in [6, 6.07) is 6.22. The standard InChI is InChI=1S/C24H39NO4/c1-14(2)19(12-21(25)23-13-20(15(3)4)24(26)29-23)10-18-9-8-16(5)22(11-18)28-17(6)27-7/h8-9,11,14-15,17,19-21,23H,10,12-13,25H2,1-7H3/t17-,19-,20-,21-,23-/m0/s1. The number of nitrogens with two attached hydrogens (primary N) is 1. The van der Waals surface area contributed by atoms with Crippen molar-refractivity contribution in [1.29, 1.82) is 0 Å². The van der Waals surface area contributed by atoms with Crippen LogP contribution in [0.4, 0.5) is 0 Å². The van der Waals surface area contributed by atoms with E-state index >= 15 is 0 Å². The van der Waals surface area contributed by atoms with Crippen molar-refractivity contribution in [1.82, 2.24) is 0 Å². The molecule has 2 rings (SSSR count). The molecule has 1 saturated heterocycles. The van der Waals surface area contributed by atoms with Crippen LogP contribution >= 0.6 is 0 Å². The summed E-state index contributed by atoms with van der Waals surface area (Å²) in [4.78, 5) is 12.1. The highest BCUT2D eigenvalue weighted by Gasteiger charge is 2.39. The van der Waals surface area contributed by atoms with Gasteiger partial charge in [-0.1, -0.05) is 39.8 Å². The third-order valence-corrected chi connectivity index (χ3v) is 6.23. The Morgan fingerprint density at radius 1 is 1.21 bits per heavy atom. The van der Waals surface area contributed by atoms with Gasteiger partial charge < -0.3 is 19.9 Å². The Hall–Kier alpha value is -1.59. The second kappa shape index (κ2) is 10.4. The first kappa shape index (κ1) is 23.7. The van der Waals surface area contributed by atoms with Crippen LogP contribution in [0.25, 0.3) is 0 Å². The van der Waals surface area contributed by atoms with Crippen molar-refractivity contribution in [3.05, 3.63) is 29.3 Å². The molecule has 0 bridgehead atoms. The molecule has 2 N–H and O–H groups in total. The van der Waals surface area contributed by atoms with Crippen molar-refractivity contribution >= 4 is 5.97 Å². The zero-order chi connectivity index (χ0) is 21.7. The van der Waals surface area contributed by atoms with Crippen molar-refractivity contribution in [3.8, 4) is 5.75 Å². The molecular formula is C24H39NO4. The van der Waals surface area contributed by atoms with Crippen LogP contribution < -0.4 is 10.5 Å². The van der Waals surface area contributed by atoms with Crippen molar-refractivity contribution in [2.45, 2.75) is 79.2 Å². The molecule has 0 aliphatic carbocycles. The molecular weight excluding hydrogens is 366 g/mol. The number of carbonyl (C=O) groups is 1. The van der Waals surface area contributed by atoms with Crippen LogP contribution in [-0.4, -0.2) is 31.5 Å². The molecule has 5 atom stereocenters. The Labute approximate surface area is 176 Å². The van der Waals surface area contributed by atoms with Gasteiger partial charge in [0.2, 0.25) is 0 Å². The van der Waals surface area contributed by atoms with Crippen LogP contribution in [0.1, 0.15) is 58.6 Å². The SMILES string of the molecule is CO[C@H](C)Oc1cc(C[C@@H](C[C@H](N)[C@@H]2C[C@@H](C(C)C)C(=O)O2)C(C)C)ccc1C. The summed E-state index contributed by atoms with van der Waals surface area (Å²) >= 11 is 0. The molecule has 5 heteroatoms. The highest BCUT2D eigenvalue weighted by molar-refractivity contribution is 5.75. The summed E-state index contributed by atoms with van der Waals surface area (Å²) in [5, 5.41) is 0. The molecule has 1 aromatic carbocycles. The summed E-state index contributed by atoms with van der Waals surface area (Å²) in [6.07, 6.45) is 2.02. The van der Waals surface area contributed by atoms with Gasteiger partial charge in [-0.2, -0.15) is 0 Å². The zero-order valence-corrected chi connectivity index (χ0v) is 19.1. The number of aryl methyl sites for hydroxylation is 1. The number of cyclic esters (lactones) is 1. The van der Waals surface area contributed by atoms with Gasteiger partial charge in [-0.3, -0.25) is 4.79 Å². The minimum absolute atomic E-state index is 0.0249. The molecule has 0 unspecified atom stereocenters. The Kier molecular flexibility index (Phi) is 8.53. The normalized spacial score (nSPS) is 22.6. The minimum Gasteiger partial charge on any atom is -0.465 e. The highest BCUT2D eigenvalue weighted by atomic mass is 16.7. The maximum atomic E-state index is 12.1. The number of hydrogen-bond acceptors (Lipinski definition) is 5. The van der Waals surface area contributed by atoms with E-state index < -0.39 is 0 Å². The topological polar surface area (TPSA) is 70.8 Å². The van der Waals surface area contributed by atoms with Crippen molar-refractivity contribution in [2.75, 3.05) is 7.11 Å². The van der Waals surface area contributed by atoms with Gasteiger partial charge in [-0.25, -0.2) is 0 Å². The number of rotatable bonds is 10. The second-order valence-electron chi connectivity index (χ2n) is 9.19. The van der Waals surface area contributed by atoms with E-state index in [1.807, 2.05) is 13.8 Å². The van der Waals surface area contributed by atoms with Gasteiger partial charge >= 0.3 is 5.97 Å². The molecule has 1 aromatic rings. The molecule has 0 saturated carbocycles. The van der Waals surface area contributed by atoms with Gasteiger partial charge in [0.1, 0.15) is 11.9 Å². The van der Waals surface area contributed by atoms with E-state index in [1.165, 1.54) is 5.56 Å². The third kappa shape index (κ3) is 6.45. The van der Waals surface area contributed by atoms with Gasteiger partial charge in [-0.15, -0.1) is 0 Å². The molecule has 0 aromatic heterocycles.